The Kier molecular flexibility index (Phi) is 5.70. The smallest absolute Gasteiger partial charge is 0.237 e. The Labute approximate surface area is 182 Å². The minimum absolute atomic E-state index is 0.0599. The van der Waals surface area contributed by atoms with Crippen LogP contribution in [0.5, 0.6) is 17.2 Å². The monoisotopic (exact) mass is 423 g/mol. The number of hydrogen-bond acceptors (Lipinski definition) is 6. The summed E-state index contributed by atoms with van der Waals surface area (Å²) in [6.07, 6.45) is 1.01. The second-order valence-corrected chi connectivity index (χ2v) is 8.43. The minimum atomic E-state index is -0.145. The van der Waals surface area contributed by atoms with Crippen molar-refractivity contribution in [1.82, 2.24) is 15.1 Å². The lowest BCUT2D eigenvalue weighted by atomic mass is 10.1. The second kappa shape index (κ2) is 8.77. The van der Waals surface area contributed by atoms with Crippen LogP contribution in [-0.4, -0.2) is 61.3 Å². The maximum Gasteiger partial charge on any atom is 0.237 e. The average Bonchev–Trinajstić information content (AvgIpc) is 3.46. The normalized spacial score (nSPS) is 19.0. The minimum Gasteiger partial charge on any atom is -0.493 e. The van der Waals surface area contributed by atoms with Gasteiger partial charge in [0.1, 0.15) is 5.75 Å². The molecule has 164 valence electrons. The maximum absolute atomic E-state index is 12.7. The summed E-state index contributed by atoms with van der Waals surface area (Å²) in [5, 5.41) is 3.06. The fraction of sp³-hybridized carbons (Fsp3) is 0.458. The quantitative estimate of drug-likeness (QED) is 0.769. The van der Waals surface area contributed by atoms with E-state index in [1.54, 1.807) is 0 Å². The summed E-state index contributed by atoms with van der Waals surface area (Å²) in [7, 11) is 0. The zero-order valence-electron chi connectivity index (χ0n) is 17.9. The molecule has 0 bridgehead atoms. The largest absolute Gasteiger partial charge is 0.493 e. The van der Waals surface area contributed by atoms with E-state index < -0.39 is 0 Å². The van der Waals surface area contributed by atoms with E-state index in [0.29, 0.717) is 6.54 Å². The second-order valence-electron chi connectivity index (χ2n) is 8.43. The van der Waals surface area contributed by atoms with Crippen LogP contribution in [0.15, 0.2) is 36.4 Å². The van der Waals surface area contributed by atoms with Crippen LogP contribution >= 0.6 is 0 Å². The third-order valence-corrected chi connectivity index (χ3v) is 6.40. The number of carbonyl (C=O) groups is 1. The average molecular weight is 424 g/mol. The molecule has 3 aliphatic rings. The van der Waals surface area contributed by atoms with Gasteiger partial charge in [-0.05, 0) is 41.8 Å². The van der Waals surface area contributed by atoms with Gasteiger partial charge in [0, 0.05) is 45.7 Å². The van der Waals surface area contributed by atoms with Crippen molar-refractivity contribution < 1.29 is 19.0 Å². The highest BCUT2D eigenvalue weighted by molar-refractivity contribution is 5.81. The Morgan fingerprint density at radius 2 is 1.74 bits per heavy atom. The molecule has 7 heteroatoms. The van der Waals surface area contributed by atoms with Crippen molar-refractivity contribution in [3.05, 3.63) is 53.1 Å². The van der Waals surface area contributed by atoms with Crippen LogP contribution in [-0.2, 0) is 24.3 Å². The summed E-state index contributed by atoms with van der Waals surface area (Å²) in [5.74, 6) is 2.60. The highest BCUT2D eigenvalue weighted by atomic mass is 16.7. The van der Waals surface area contributed by atoms with E-state index in [1.165, 1.54) is 11.1 Å². The van der Waals surface area contributed by atoms with E-state index in [-0.39, 0.29) is 18.7 Å². The molecule has 5 rings (SSSR count). The Hall–Kier alpha value is -2.77. The number of benzene rings is 2. The van der Waals surface area contributed by atoms with Crippen molar-refractivity contribution in [2.75, 3.05) is 39.6 Å². The van der Waals surface area contributed by atoms with Gasteiger partial charge in [-0.1, -0.05) is 18.2 Å². The molecule has 0 unspecified atom stereocenters. The zero-order chi connectivity index (χ0) is 21.2. The zero-order valence-corrected chi connectivity index (χ0v) is 17.9. The molecule has 1 amide bonds. The van der Waals surface area contributed by atoms with E-state index in [1.807, 2.05) is 25.1 Å². The molecule has 3 aliphatic heterocycles. The van der Waals surface area contributed by atoms with Crippen LogP contribution in [0.25, 0.3) is 0 Å². The predicted octanol–water partition coefficient (Wildman–Crippen LogP) is 2.17. The van der Waals surface area contributed by atoms with Crippen LogP contribution < -0.4 is 19.5 Å². The van der Waals surface area contributed by atoms with Crippen molar-refractivity contribution in [2.45, 2.75) is 32.5 Å². The van der Waals surface area contributed by atoms with Gasteiger partial charge in [0.2, 0.25) is 12.7 Å². The number of hydrogen-bond donors (Lipinski definition) is 1. The van der Waals surface area contributed by atoms with Crippen molar-refractivity contribution in [3.63, 3.8) is 0 Å². The molecule has 0 radical (unpaired) electrons. The number of rotatable bonds is 6. The molecule has 0 aromatic heterocycles. The number of nitrogens with one attached hydrogen (secondary N) is 1. The van der Waals surface area contributed by atoms with Gasteiger partial charge >= 0.3 is 0 Å². The van der Waals surface area contributed by atoms with Crippen LogP contribution in [0.3, 0.4) is 0 Å². The lowest BCUT2D eigenvalue weighted by Crippen LogP contribution is -2.53. The first-order valence-electron chi connectivity index (χ1n) is 11.0. The first kappa shape index (κ1) is 20.2. The SMILES string of the molecule is C[C@H](C(=O)NCc1ccc2c(c1)OCO2)N1CCN(Cc2ccc3c(c2)CCO3)CC1. The fourth-order valence-electron chi connectivity index (χ4n) is 4.46. The number of piperazine rings is 1. The first-order chi connectivity index (χ1) is 15.2. The molecule has 31 heavy (non-hydrogen) atoms. The van der Waals surface area contributed by atoms with Gasteiger partial charge in [-0.2, -0.15) is 0 Å². The molecular formula is C24H29N3O4. The summed E-state index contributed by atoms with van der Waals surface area (Å²) < 4.78 is 16.3. The molecule has 1 saturated heterocycles. The van der Waals surface area contributed by atoms with E-state index in [0.717, 1.165) is 68.6 Å². The van der Waals surface area contributed by atoms with Crippen molar-refractivity contribution >= 4 is 5.91 Å². The molecular weight excluding hydrogens is 394 g/mol. The molecule has 2 aromatic rings. The van der Waals surface area contributed by atoms with Gasteiger partial charge in [0.25, 0.3) is 0 Å². The van der Waals surface area contributed by atoms with E-state index in [9.17, 15) is 4.79 Å². The van der Waals surface area contributed by atoms with Gasteiger partial charge in [0.05, 0.1) is 12.6 Å². The molecule has 0 spiro atoms. The Morgan fingerprint density at radius 1 is 0.968 bits per heavy atom. The van der Waals surface area contributed by atoms with Gasteiger partial charge in [-0.3, -0.25) is 14.6 Å². The highest BCUT2D eigenvalue weighted by Crippen LogP contribution is 2.32. The topological polar surface area (TPSA) is 63.3 Å². The number of nitrogens with zero attached hydrogens (tertiary/aromatic N) is 2. The van der Waals surface area contributed by atoms with Crippen molar-refractivity contribution in [1.29, 1.82) is 0 Å². The van der Waals surface area contributed by atoms with Crippen LogP contribution in [0.2, 0.25) is 0 Å². The van der Waals surface area contributed by atoms with Crippen molar-refractivity contribution in [3.8, 4) is 17.2 Å². The lowest BCUT2D eigenvalue weighted by Gasteiger charge is -2.37. The molecule has 2 aromatic carbocycles. The fourth-order valence-corrected chi connectivity index (χ4v) is 4.46. The first-order valence-corrected chi connectivity index (χ1v) is 11.0. The number of carbonyl (C=O) groups excluding carboxylic acids is 1. The van der Waals surface area contributed by atoms with Gasteiger partial charge < -0.3 is 19.5 Å². The molecule has 1 N–H and O–H groups in total. The molecule has 7 nitrogen and oxygen atoms in total. The number of fused-ring (bicyclic) bond motifs is 2. The third kappa shape index (κ3) is 4.48. The standard InChI is InChI=1S/C24H29N3O4/c1-17(24(28)25-14-18-2-5-22-23(13-18)31-16-30-22)27-9-7-26(8-10-27)15-19-3-4-21-20(12-19)6-11-29-21/h2-5,12-13,17H,6-11,14-16H2,1H3,(H,25,28)/t17-/m1/s1. The predicted molar refractivity (Wildman–Crippen MR) is 116 cm³/mol. The van der Waals surface area contributed by atoms with E-state index >= 15 is 0 Å². The molecule has 1 atom stereocenters. The summed E-state index contributed by atoms with van der Waals surface area (Å²) >= 11 is 0. The molecule has 3 heterocycles. The Morgan fingerprint density at radius 3 is 2.61 bits per heavy atom. The van der Waals surface area contributed by atoms with E-state index in [2.05, 4.69) is 33.3 Å². The highest BCUT2D eigenvalue weighted by Gasteiger charge is 2.26. The Bertz CT molecular complexity index is 956. The van der Waals surface area contributed by atoms with Crippen LogP contribution in [0.1, 0.15) is 23.6 Å². The number of ether oxygens (including phenoxy) is 3. The van der Waals surface area contributed by atoms with Gasteiger partial charge in [-0.25, -0.2) is 0 Å². The molecule has 1 fully saturated rings. The number of amides is 1. The van der Waals surface area contributed by atoms with Gasteiger partial charge in [-0.15, -0.1) is 0 Å². The van der Waals surface area contributed by atoms with Crippen LogP contribution in [0, 0.1) is 0 Å². The summed E-state index contributed by atoms with van der Waals surface area (Å²) in [6, 6.07) is 12.2. The summed E-state index contributed by atoms with van der Waals surface area (Å²) in [6.45, 7) is 8.21. The lowest BCUT2D eigenvalue weighted by molar-refractivity contribution is -0.126. The Balaban J connectivity index is 1.08. The van der Waals surface area contributed by atoms with Crippen molar-refractivity contribution in [2.24, 2.45) is 0 Å². The van der Waals surface area contributed by atoms with Gasteiger partial charge in [0.15, 0.2) is 11.5 Å². The third-order valence-electron chi connectivity index (χ3n) is 6.40. The molecule has 0 saturated carbocycles. The maximum atomic E-state index is 12.7. The summed E-state index contributed by atoms with van der Waals surface area (Å²) in [4.78, 5) is 17.4. The van der Waals surface area contributed by atoms with Crippen LogP contribution in [0.4, 0.5) is 0 Å². The molecule has 0 aliphatic carbocycles. The van der Waals surface area contributed by atoms with E-state index in [4.69, 9.17) is 14.2 Å². The summed E-state index contributed by atoms with van der Waals surface area (Å²) in [5.41, 5.74) is 3.67.